The average molecular weight is 325 g/mol. The largest absolute Gasteiger partial charge is 0.417 e. The van der Waals surface area contributed by atoms with Gasteiger partial charge in [0, 0.05) is 0 Å². The molecule has 2 rings (SSSR count). The lowest BCUT2D eigenvalue weighted by Crippen LogP contribution is -2.43. The molecule has 1 heterocycles. The molecule has 23 heavy (non-hydrogen) atoms. The zero-order chi connectivity index (χ0) is 17.6. The van der Waals surface area contributed by atoms with Gasteiger partial charge >= 0.3 is 12.2 Å². The molecule has 1 aromatic rings. The van der Waals surface area contributed by atoms with Crippen LogP contribution in [0.1, 0.15) is 25.0 Å². The number of nitriles is 1. The molecule has 0 atom stereocenters. The molecule has 1 aliphatic heterocycles. The number of anilines is 1. The van der Waals surface area contributed by atoms with Gasteiger partial charge in [0.05, 0.1) is 22.9 Å². The van der Waals surface area contributed by atoms with E-state index in [1.807, 2.05) is 0 Å². The van der Waals surface area contributed by atoms with E-state index in [0.717, 1.165) is 12.1 Å². The summed E-state index contributed by atoms with van der Waals surface area (Å²) >= 11 is 0. The third kappa shape index (κ3) is 2.42. The summed E-state index contributed by atoms with van der Waals surface area (Å²) in [6, 6.07) is 2.82. The van der Waals surface area contributed by atoms with Crippen LogP contribution in [0.5, 0.6) is 0 Å². The third-order valence-corrected chi connectivity index (χ3v) is 3.52. The molecule has 1 fully saturated rings. The van der Waals surface area contributed by atoms with Crippen LogP contribution in [0.4, 0.5) is 23.7 Å². The number of urea groups is 1. The Bertz CT molecular complexity index is 750. The number of halogens is 3. The zero-order valence-corrected chi connectivity index (χ0v) is 12.0. The molecule has 1 saturated heterocycles. The topological polar surface area (TPSA) is 81.5 Å². The van der Waals surface area contributed by atoms with E-state index in [0.29, 0.717) is 15.9 Å². The van der Waals surface area contributed by atoms with E-state index in [1.54, 1.807) is 0 Å². The van der Waals surface area contributed by atoms with Crippen LogP contribution in [-0.2, 0) is 15.8 Å². The highest BCUT2D eigenvalue weighted by atomic mass is 19.4. The molecular weight excluding hydrogens is 315 g/mol. The minimum Gasteiger partial charge on any atom is -0.278 e. The number of alkyl halides is 3. The van der Waals surface area contributed by atoms with Crippen LogP contribution in [0, 0.1) is 11.3 Å². The van der Waals surface area contributed by atoms with Crippen molar-refractivity contribution < 1.29 is 27.6 Å². The quantitative estimate of drug-likeness (QED) is 0.617. The summed E-state index contributed by atoms with van der Waals surface area (Å²) in [5, 5.41) is 8.75. The lowest BCUT2D eigenvalue weighted by Gasteiger charge is -2.20. The molecule has 4 amide bonds. The molecule has 0 aromatic heterocycles. The summed E-state index contributed by atoms with van der Waals surface area (Å²) in [5.74, 6) is -0.840. The second-order valence-corrected chi connectivity index (χ2v) is 5.30. The molecule has 9 heteroatoms. The standard InChI is InChI=1S/C14H10F3N3O3/c1-13(2)11(22)20(12(23)19(13)7-21)9-4-3-8(6-18)10(5-9)14(15,16)17/h3-5,7H,1-2H3. The Balaban J connectivity index is 2.60. The van der Waals surface area contributed by atoms with Crippen molar-refractivity contribution in [1.29, 1.82) is 5.26 Å². The Labute approximate surface area is 128 Å². The van der Waals surface area contributed by atoms with E-state index in [9.17, 15) is 27.6 Å². The van der Waals surface area contributed by atoms with Gasteiger partial charge in [-0.25, -0.2) is 9.69 Å². The molecular formula is C14H10F3N3O3. The maximum atomic E-state index is 13.0. The van der Waals surface area contributed by atoms with Gasteiger partial charge in [0.25, 0.3) is 5.91 Å². The van der Waals surface area contributed by atoms with E-state index in [-0.39, 0.29) is 12.1 Å². The molecule has 1 aromatic carbocycles. The lowest BCUT2D eigenvalue weighted by molar-refractivity contribution is -0.137. The van der Waals surface area contributed by atoms with Crippen LogP contribution in [0.15, 0.2) is 18.2 Å². The van der Waals surface area contributed by atoms with Gasteiger partial charge in [-0.3, -0.25) is 14.5 Å². The summed E-state index contributed by atoms with van der Waals surface area (Å²) < 4.78 is 39.0. The molecule has 0 radical (unpaired) electrons. The van der Waals surface area contributed by atoms with Gasteiger partial charge in [-0.2, -0.15) is 18.4 Å². The molecule has 0 unspecified atom stereocenters. The molecule has 6 nitrogen and oxygen atoms in total. The fraction of sp³-hybridized carbons (Fsp3) is 0.286. The number of amides is 4. The number of rotatable bonds is 2. The summed E-state index contributed by atoms with van der Waals surface area (Å²) in [6.45, 7) is 2.60. The molecule has 120 valence electrons. The van der Waals surface area contributed by atoms with E-state index < -0.39 is 34.8 Å². The SMILES string of the molecule is CC1(C)C(=O)N(c2ccc(C#N)c(C(F)(F)F)c2)C(=O)N1C=O. The minimum atomic E-state index is -4.83. The number of nitrogens with zero attached hydrogens (tertiary/aromatic N) is 3. The summed E-state index contributed by atoms with van der Waals surface area (Å²) in [5.41, 5.74) is -3.76. The van der Waals surface area contributed by atoms with Gasteiger partial charge in [0.1, 0.15) is 5.54 Å². The highest BCUT2D eigenvalue weighted by Gasteiger charge is 2.52. The number of benzene rings is 1. The van der Waals surface area contributed by atoms with E-state index in [1.165, 1.54) is 19.9 Å². The number of carbonyl (C=O) groups is 3. The fourth-order valence-corrected chi connectivity index (χ4v) is 2.22. The predicted octanol–water partition coefficient (Wildman–Crippen LogP) is 2.28. The maximum absolute atomic E-state index is 13.0. The van der Waals surface area contributed by atoms with Crippen molar-refractivity contribution in [2.75, 3.05) is 4.90 Å². The molecule has 0 spiro atoms. The van der Waals surface area contributed by atoms with Gasteiger partial charge in [0.2, 0.25) is 6.41 Å². The second kappa shape index (κ2) is 5.08. The lowest BCUT2D eigenvalue weighted by atomic mass is 10.0. The van der Waals surface area contributed by atoms with Crippen LogP contribution in [0.2, 0.25) is 0 Å². The van der Waals surface area contributed by atoms with Crippen LogP contribution in [0.3, 0.4) is 0 Å². The Morgan fingerprint density at radius 1 is 1.26 bits per heavy atom. The van der Waals surface area contributed by atoms with Crippen molar-refractivity contribution >= 4 is 24.0 Å². The number of imide groups is 2. The first-order valence-electron chi connectivity index (χ1n) is 6.30. The second-order valence-electron chi connectivity index (χ2n) is 5.30. The van der Waals surface area contributed by atoms with Crippen LogP contribution in [-0.4, -0.2) is 28.8 Å². The Kier molecular flexibility index (Phi) is 3.64. The van der Waals surface area contributed by atoms with Crippen molar-refractivity contribution in [2.45, 2.75) is 25.6 Å². The first kappa shape index (κ1) is 16.5. The molecule has 0 N–H and O–H groups in total. The number of hydrogen-bond donors (Lipinski definition) is 0. The van der Waals surface area contributed by atoms with Gasteiger partial charge in [-0.05, 0) is 32.0 Å². The summed E-state index contributed by atoms with van der Waals surface area (Å²) in [6.07, 6.45) is -4.68. The molecule has 0 bridgehead atoms. The third-order valence-electron chi connectivity index (χ3n) is 3.52. The summed E-state index contributed by atoms with van der Waals surface area (Å²) in [4.78, 5) is 36.5. The van der Waals surface area contributed by atoms with E-state index in [2.05, 4.69) is 0 Å². The minimum absolute atomic E-state index is 0.147. The highest BCUT2D eigenvalue weighted by molar-refractivity contribution is 6.25. The molecule has 1 aliphatic rings. The van der Waals surface area contributed by atoms with Gasteiger partial charge in [-0.15, -0.1) is 0 Å². The van der Waals surface area contributed by atoms with E-state index >= 15 is 0 Å². The fourth-order valence-electron chi connectivity index (χ4n) is 2.22. The van der Waals surface area contributed by atoms with Gasteiger partial charge in [-0.1, -0.05) is 0 Å². The first-order valence-corrected chi connectivity index (χ1v) is 6.30. The van der Waals surface area contributed by atoms with Crippen molar-refractivity contribution in [3.63, 3.8) is 0 Å². The van der Waals surface area contributed by atoms with Crippen molar-refractivity contribution in [2.24, 2.45) is 0 Å². The zero-order valence-electron chi connectivity index (χ0n) is 12.0. The van der Waals surface area contributed by atoms with Crippen LogP contribution >= 0.6 is 0 Å². The van der Waals surface area contributed by atoms with Crippen molar-refractivity contribution in [3.05, 3.63) is 29.3 Å². The highest BCUT2D eigenvalue weighted by Crippen LogP contribution is 2.37. The van der Waals surface area contributed by atoms with Crippen LogP contribution < -0.4 is 4.90 Å². The van der Waals surface area contributed by atoms with Crippen molar-refractivity contribution in [1.82, 2.24) is 4.90 Å². The Morgan fingerprint density at radius 3 is 2.30 bits per heavy atom. The average Bonchev–Trinajstić information content (AvgIpc) is 2.63. The molecule has 0 aliphatic carbocycles. The Hall–Kier alpha value is -2.89. The van der Waals surface area contributed by atoms with Crippen molar-refractivity contribution in [3.8, 4) is 6.07 Å². The first-order chi connectivity index (χ1) is 10.6. The smallest absolute Gasteiger partial charge is 0.278 e. The van der Waals surface area contributed by atoms with Gasteiger partial charge in [0.15, 0.2) is 0 Å². The maximum Gasteiger partial charge on any atom is 0.417 e. The normalized spacial score (nSPS) is 17.4. The summed E-state index contributed by atoms with van der Waals surface area (Å²) in [7, 11) is 0. The number of carbonyl (C=O) groups excluding carboxylic acids is 3. The Morgan fingerprint density at radius 2 is 1.87 bits per heavy atom. The van der Waals surface area contributed by atoms with Crippen LogP contribution in [0.25, 0.3) is 0 Å². The van der Waals surface area contributed by atoms with Gasteiger partial charge < -0.3 is 0 Å². The number of hydrogen-bond acceptors (Lipinski definition) is 4. The van der Waals surface area contributed by atoms with E-state index in [4.69, 9.17) is 5.26 Å². The monoisotopic (exact) mass is 325 g/mol. The predicted molar refractivity (Wildman–Crippen MR) is 71.0 cm³/mol. The molecule has 0 saturated carbocycles.